The van der Waals surface area contributed by atoms with E-state index in [1.165, 1.54) is 37.5 Å². The second kappa shape index (κ2) is 7.72. The standard InChI is InChI=1S/C15H29N3O2S/c1-21(19,20)18-9-5-8-14(12-18)11-15(17-16)10-13-6-3-2-4-7-13/h6,14-15,17H,2-5,7-12,16H2,1H3. The molecule has 0 saturated carbocycles. The minimum absolute atomic E-state index is 0.263. The number of allylic oxidation sites excluding steroid dienone is 1. The van der Waals surface area contributed by atoms with Gasteiger partial charge in [0.2, 0.25) is 10.0 Å². The monoisotopic (exact) mass is 315 g/mol. The summed E-state index contributed by atoms with van der Waals surface area (Å²) in [7, 11) is -3.06. The van der Waals surface area contributed by atoms with Crippen LogP contribution in [-0.4, -0.2) is 38.1 Å². The van der Waals surface area contributed by atoms with Gasteiger partial charge in [-0.1, -0.05) is 11.6 Å². The highest BCUT2D eigenvalue weighted by atomic mass is 32.2. The fourth-order valence-corrected chi connectivity index (χ4v) is 4.48. The predicted octanol–water partition coefficient (Wildman–Crippen LogP) is 1.77. The molecule has 2 aliphatic rings. The van der Waals surface area contributed by atoms with Crippen LogP contribution in [0.1, 0.15) is 51.4 Å². The molecule has 3 N–H and O–H groups in total. The summed E-state index contributed by atoms with van der Waals surface area (Å²) in [6, 6.07) is 0.263. The number of hydrogen-bond donors (Lipinski definition) is 2. The fourth-order valence-electron chi connectivity index (χ4n) is 3.54. The van der Waals surface area contributed by atoms with E-state index in [-0.39, 0.29) is 6.04 Å². The molecule has 122 valence electrons. The van der Waals surface area contributed by atoms with Gasteiger partial charge in [0.1, 0.15) is 0 Å². The molecule has 1 saturated heterocycles. The summed E-state index contributed by atoms with van der Waals surface area (Å²) in [5.74, 6) is 6.13. The summed E-state index contributed by atoms with van der Waals surface area (Å²) in [6.45, 7) is 1.32. The average molecular weight is 315 g/mol. The molecule has 5 nitrogen and oxygen atoms in total. The minimum atomic E-state index is -3.06. The van der Waals surface area contributed by atoms with Gasteiger partial charge in [-0.2, -0.15) is 0 Å². The number of hydrazine groups is 1. The Hall–Kier alpha value is -0.430. The first-order valence-corrected chi connectivity index (χ1v) is 9.93. The Kier molecular flexibility index (Phi) is 6.22. The quantitative estimate of drug-likeness (QED) is 0.445. The van der Waals surface area contributed by atoms with Crippen LogP contribution in [-0.2, 0) is 10.0 Å². The van der Waals surface area contributed by atoms with Crippen molar-refractivity contribution in [1.82, 2.24) is 9.73 Å². The van der Waals surface area contributed by atoms with Crippen molar-refractivity contribution in [2.45, 2.75) is 57.4 Å². The van der Waals surface area contributed by atoms with Crippen LogP contribution >= 0.6 is 0 Å². The Morgan fingerprint density at radius 1 is 1.43 bits per heavy atom. The molecule has 0 amide bonds. The van der Waals surface area contributed by atoms with Crippen LogP contribution in [0.3, 0.4) is 0 Å². The molecule has 0 bridgehead atoms. The van der Waals surface area contributed by atoms with Crippen molar-refractivity contribution in [2.75, 3.05) is 19.3 Å². The van der Waals surface area contributed by atoms with E-state index >= 15 is 0 Å². The maximum absolute atomic E-state index is 11.7. The van der Waals surface area contributed by atoms with Gasteiger partial charge in [0.15, 0.2) is 0 Å². The van der Waals surface area contributed by atoms with Crippen LogP contribution < -0.4 is 11.3 Å². The van der Waals surface area contributed by atoms with Crippen molar-refractivity contribution in [2.24, 2.45) is 11.8 Å². The van der Waals surface area contributed by atoms with E-state index in [0.717, 1.165) is 25.7 Å². The Morgan fingerprint density at radius 3 is 2.86 bits per heavy atom. The summed E-state index contributed by atoms with van der Waals surface area (Å²) < 4.78 is 25.0. The van der Waals surface area contributed by atoms with Gasteiger partial charge in [0, 0.05) is 19.1 Å². The minimum Gasteiger partial charge on any atom is -0.271 e. The van der Waals surface area contributed by atoms with E-state index in [1.807, 2.05) is 0 Å². The van der Waals surface area contributed by atoms with E-state index < -0.39 is 10.0 Å². The van der Waals surface area contributed by atoms with Gasteiger partial charge in [0.25, 0.3) is 0 Å². The number of nitrogens with two attached hydrogens (primary N) is 1. The van der Waals surface area contributed by atoms with Crippen molar-refractivity contribution in [3.63, 3.8) is 0 Å². The van der Waals surface area contributed by atoms with E-state index in [2.05, 4.69) is 11.5 Å². The maximum atomic E-state index is 11.7. The Labute approximate surface area is 129 Å². The van der Waals surface area contributed by atoms with Crippen LogP contribution in [0.5, 0.6) is 0 Å². The Balaban J connectivity index is 1.87. The first-order chi connectivity index (χ1) is 9.99. The molecule has 1 aliphatic carbocycles. The summed E-state index contributed by atoms with van der Waals surface area (Å²) in [5, 5.41) is 0. The Bertz CT molecular complexity index is 462. The molecule has 0 aromatic carbocycles. The van der Waals surface area contributed by atoms with Gasteiger partial charge >= 0.3 is 0 Å². The van der Waals surface area contributed by atoms with E-state index in [9.17, 15) is 8.42 Å². The fraction of sp³-hybridized carbons (Fsp3) is 0.867. The van der Waals surface area contributed by atoms with Gasteiger partial charge in [-0.3, -0.25) is 11.3 Å². The van der Waals surface area contributed by atoms with Crippen molar-refractivity contribution in [3.05, 3.63) is 11.6 Å². The van der Waals surface area contributed by atoms with Crippen LogP contribution in [0.4, 0.5) is 0 Å². The lowest BCUT2D eigenvalue weighted by atomic mass is 9.87. The zero-order chi connectivity index (χ0) is 15.3. The molecule has 1 heterocycles. The number of piperidine rings is 1. The number of hydrogen-bond acceptors (Lipinski definition) is 4. The first kappa shape index (κ1) is 16.9. The second-order valence-electron chi connectivity index (χ2n) is 6.54. The van der Waals surface area contributed by atoms with Crippen LogP contribution in [0.2, 0.25) is 0 Å². The molecule has 6 heteroatoms. The van der Waals surface area contributed by atoms with Gasteiger partial charge in [-0.05, 0) is 57.3 Å². The zero-order valence-corrected chi connectivity index (χ0v) is 13.9. The highest BCUT2D eigenvalue weighted by molar-refractivity contribution is 7.88. The number of sulfonamides is 1. The number of nitrogens with zero attached hydrogens (tertiary/aromatic N) is 1. The normalized spacial score (nSPS) is 26.4. The summed E-state index contributed by atoms with van der Waals surface area (Å²) in [5.41, 5.74) is 4.46. The van der Waals surface area contributed by atoms with Crippen molar-refractivity contribution in [3.8, 4) is 0 Å². The molecule has 0 aromatic heterocycles. The van der Waals surface area contributed by atoms with Gasteiger partial charge in [-0.25, -0.2) is 12.7 Å². The molecular formula is C15H29N3O2S. The molecule has 2 rings (SSSR count). The molecule has 1 aliphatic heterocycles. The lowest BCUT2D eigenvalue weighted by Crippen LogP contribution is -2.43. The van der Waals surface area contributed by atoms with Gasteiger partial charge in [-0.15, -0.1) is 0 Å². The largest absolute Gasteiger partial charge is 0.271 e. The molecule has 1 fully saturated rings. The van der Waals surface area contributed by atoms with Crippen molar-refractivity contribution < 1.29 is 8.42 Å². The van der Waals surface area contributed by atoms with Crippen LogP contribution in [0.15, 0.2) is 11.6 Å². The van der Waals surface area contributed by atoms with Crippen LogP contribution in [0, 0.1) is 5.92 Å². The number of rotatable bonds is 6. The molecule has 0 radical (unpaired) electrons. The lowest BCUT2D eigenvalue weighted by Gasteiger charge is -2.33. The van der Waals surface area contributed by atoms with Gasteiger partial charge in [0.05, 0.1) is 6.26 Å². The lowest BCUT2D eigenvalue weighted by molar-refractivity contribution is 0.237. The molecule has 2 unspecified atom stereocenters. The smallest absolute Gasteiger partial charge is 0.211 e. The Morgan fingerprint density at radius 2 is 2.24 bits per heavy atom. The SMILES string of the molecule is CS(=O)(=O)N1CCCC(CC(CC2=CCCCC2)NN)C1. The van der Waals surface area contributed by atoms with Gasteiger partial charge < -0.3 is 0 Å². The maximum Gasteiger partial charge on any atom is 0.211 e. The highest BCUT2D eigenvalue weighted by Crippen LogP contribution is 2.27. The predicted molar refractivity (Wildman–Crippen MR) is 86.0 cm³/mol. The third-order valence-electron chi connectivity index (χ3n) is 4.70. The van der Waals surface area contributed by atoms with Crippen molar-refractivity contribution in [1.29, 1.82) is 0 Å². The number of nitrogens with one attached hydrogen (secondary N) is 1. The van der Waals surface area contributed by atoms with Crippen LogP contribution in [0.25, 0.3) is 0 Å². The third kappa shape index (κ3) is 5.36. The topological polar surface area (TPSA) is 75.4 Å². The zero-order valence-electron chi connectivity index (χ0n) is 13.1. The molecule has 21 heavy (non-hydrogen) atoms. The van der Waals surface area contributed by atoms with E-state index in [0.29, 0.717) is 19.0 Å². The first-order valence-electron chi connectivity index (χ1n) is 8.08. The van der Waals surface area contributed by atoms with E-state index in [1.54, 1.807) is 4.31 Å². The average Bonchev–Trinajstić information content (AvgIpc) is 2.47. The second-order valence-corrected chi connectivity index (χ2v) is 8.52. The van der Waals surface area contributed by atoms with E-state index in [4.69, 9.17) is 5.84 Å². The molecule has 0 spiro atoms. The third-order valence-corrected chi connectivity index (χ3v) is 5.97. The molecule has 0 aromatic rings. The summed E-state index contributed by atoms with van der Waals surface area (Å²) >= 11 is 0. The summed E-state index contributed by atoms with van der Waals surface area (Å²) in [6.07, 6.45) is 12.7. The highest BCUT2D eigenvalue weighted by Gasteiger charge is 2.27. The summed E-state index contributed by atoms with van der Waals surface area (Å²) in [4.78, 5) is 0. The molecule has 2 atom stereocenters. The van der Waals surface area contributed by atoms with Crippen molar-refractivity contribution >= 4 is 10.0 Å². The molecular weight excluding hydrogens is 286 g/mol.